The number of nitriles is 1. The van der Waals surface area contributed by atoms with Gasteiger partial charge in [-0.3, -0.25) is 4.98 Å². The third-order valence-corrected chi connectivity index (χ3v) is 2.21. The molecule has 2 nitrogen and oxygen atoms in total. The van der Waals surface area contributed by atoms with Crippen LogP contribution in [-0.4, -0.2) is 4.98 Å². The molecule has 2 aromatic rings. The van der Waals surface area contributed by atoms with E-state index in [1.54, 1.807) is 6.07 Å². The standard InChI is InChI=1S/C13H10N2/c1-10-5-4-8-13(15-10)12-7-3-2-6-11(12)9-14/h2-8H,1H3. The maximum absolute atomic E-state index is 8.97. The van der Waals surface area contributed by atoms with E-state index in [9.17, 15) is 0 Å². The van der Waals surface area contributed by atoms with Gasteiger partial charge in [-0.15, -0.1) is 0 Å². The highest BCUT2D eigenvalue weighted by molar-refractivity contribution is 5.67. The number of pyridine rings is 1. The predicted octanol–water partition coefficient (Wildman–Crippen LogP) is 2.93. The summed E-state index contributed by atoms with van der Waals surface area (Å²) >= 11 is 0. The van der Waals surface area contributed by atoms with Crippen molar-refractivity contribution < 1.29 is 0 Å². The van der Waals surface area contributed by atoms with E-state index in [0.29, 0.717) is 5.56 Å². The minimum Gasteiger partial charge on any atom is -0.253 e. The zero-order valence-electron chi connectivity index (χ0n) is 8.44. The van der Waals surface area contributed by atoms with Crippen LogP contribution in [0.15, 0.2) is 42.5 Å². The van der Waals surface area contributed by atoms with E-state index in [4.69, 9.17) is 5.26 Å². The Bertz CT molecular complexity index is 524. The second-order valence-corrected chi connectivity index (χ2v) is 3.32. The minimum atomic E-state index is 0.663. The summed E-state index contributed by atoms with van der Waals surface area (Å²) in [4.78, 5) is 4.40. The summed E-state index contributed by atoms with van der Waals surface area (Å²) in [6.07, 6.45) is 0. The topological polar surface area (TPSA) is 36.7 Å². The van der Waals surface area contributed by atoms with Gasteiger partial charge in [-0.2, -0.15) is 5.26 Å². The predicted molar refractivity (Wildman–Crippen MR) is 59.1 cm³/mol. The molecule has 0 unspecified atom stereocenters. The Morgan fingerprint density at radius 2 is 1.87 bits per heavy atom. The normalized spacial score (nSPS) is 9.60. The number of nitrogens with zero attached hydrogens (tertiary/aromatic N) is 2. The molecule has 15 heavy (non-hydrogen) atoms. The van der Waals surface area contributed by atoms with Crippen molar-refractivity contribution >= 4 is 0 Å². The van der Waals surface area contributed by atoms with E-state index in [1.807, 2.05) is 43.3 Å². The molecule has 0 radical (unpaired) electrons. The van der Waals surface area contributed by atoms with Gasteiger partial charge in [0.05, 0.1) is 17.3 Å². The van der Waals surface area contributed by atoms with Crippen molar-refractivity contribution in [3.63, 3.8) is 0 Å². The lowest BCUT2D eigenvalue weighted by Crippen LogP contribution is -1.88. The molecule has 2 rings (SSSR count). The molecule has 0 bridgehead atoms. The van der Waals surface area contributed by atoms with Crippen LogP contribution in [0.5, 0.6) is 0 Å². The van der Waals surface area contributed by atoms with E-state index in [2.05, 4.69) is 11.1 Å². The third kappa shape index (κ3) is 1.87. The van der Waals surface area contributed by atoms with E-state index in [-0.39, 0.29) is 0 Å². The Hall–Kier alpha value is -2.14. The van der Waals surface area contributed by atoms with Crippen LogP contribution in [0.4, 0.5) is 0 Å². The molecule has 0 atom stereocenters. The Labute approximate surface area is 88.8 Å². The van der Waals surface area contributed by atoms with Gasteiger partial charge in [-0.05, 0) is 25.1 Å². The molecular weight excluding hydrogens is 184 g/mol. The lowest BCUT2D eigenvalue weighted by atomic mass is 10.0. The average molecular weight is 194 g/mol. The fourth-order valence-electron chi connectivity index (χ4n) is 1.50. The van der Waals surface area contributed by atoms with Gasteiger partial charge in [-0.25, -0.2) is 0 Å². The molecule has 1 aromatic carbocycles. The van der Waals surface area contributed by atoms with Crippen LogP contribution >= 0.6 is 0 Å². The van der Waals surface area contributed by atoms with Crippen LogP contribution in [0.2, 0.25) is 0 Å². The Balaban J connectivity index is 2.60. The number of aromatic nitrogens is 1. The summed E-state index contributed by atoms with van der Waals surface area (Å²) in [6.45, 7) is 1.94. The summed E-state index contributed by atoms with van der Waals surface area (Å²) in [7, 11) is 0. The first-order valence-corrected chi connectivity index (χ1v) is 4.74. The summed E-state index contributed by atoms with van der Waals surface area (Å²) in [5, 5.41) is 8.97. The number of aryl methyl sites for hydroxylation is 1. The molecule has 0 saturated heterocycles. The van der Waals surface area contributed by atoms with Crippen molar-refractivity contribution in [2.24, 2.45) is 0 Å². The number of benzene rings is 1. The van der Waals surface area contributed by atoms with Gasteiger partial charge in [0.1, 0.15) is 0 Å². The Kier molecular flexibility index (Phi) is 2.47. The molecule has 0 N–H and O–H groups in total. The number of hydrogen-bond acceptors (Lipinski definition) is 2. The highest BCUT2D eigenvalue weighted by Gasteiger charge is 2.04. The minimum absolute atomic E-state index is 0.663. The van der Waals surface area contributed by atoms with Crippen LogP contribution in [0, 0.1) is 18.3 Å². The lowest BCUT2D eigenvalue weighted by Gasteiger charge is -2.03. The molecule has 0 spiro atoms. The van der Waals surface area contributed by atoms with E-state index in [0.717, 1.165) is 17.0 Å². The van der Waals surface area contributed by atoms with Crippen LogP contribution in [0.3, 0.4) is 0 Å². The van der Waals surface area contributed by atoms with Crippen LogP contribution in [0.1, 0.15) is 11.3 Å². The number of rotatable bonds is 1. The van der Waals surface area contributed by atoms with E-state index < -0.39 is 0 Å². The first-order chi connectivity index (χ1) is 7.31. The van der Waals surface area contributed by atoms with Gasteiger partial charge >= 0.3 is 0 Å². The molecule has 1 heterocycles. The summed E-state index contributed by atoms with van der Waals surface area (Å²) in [5.74, 6) is 0. The van der Waals surface area contributed by atoms with Crippen molar-refractivity contribution in [2.75, 3.05) is 0 Å². The molecule has 72 valence electrons. The van der Waals surface area contributed by atoms with Gasteiger partial charge in [-0.1, -0.05) is 24.3 Å². The number of hydrogen-bond donors (Lipinski definition) is 0. The van der Waals surface area contributed by atoms with Gasteiger partial charge in [0.2, 0.25) is 0 Å². The molecule has 0 saturated carbocycles. The summed E-state index contributed by atoms with van der Waals surface area (Å²) in [6, 6.07) is 15.5. The molecule has 0 fully saturated rings. The second kappa shape index (κ2) is 3.93. The fourth-order valence-corrected chi connectivity index (χ4v) is 1.50. The Morgan fingerprint density at radius 3 is 2.60 bits per heavy atom. The molecule has 0 aliphatic carbocycles. The van der Waals surface area contributed by atoms with Crippen molar-refractivity contribution in [1.82, 2.24) is 4.98 Å². The smallest absolute Gasteiger partial charge is 0.0998 e. The third-order valence-electron chi connectivity index (χ3n) is 2.21. The van der Waals surface area contributed by atoms with E-state index in [1.165, 1.54) is 0 Å². The van der Waals surface area contributed by atoms with Crippen LogP contribution < -0.4 is 0 Å². The van der Waals surface area contributed by atoms with Crippen molar-refractivity contribution in [1.29, 1.82) is 5.26 Å². The maximum Gasteiger partial charge on any atom is 0.0998 e. The van der Waals surface area contributed by atoms with Crippen molar-refractivity contribution in [3.8, 4) is 17.3 Å². The highest BCUT2D eigenvalue weighted by atomic mass is 14.7. The van der Waals surface area contributed by atoms with Crippen LogP contribution in [-0.2, 0) is 0 Å². The largest absolute Gasteiger partial charge is 0.253 e. The first kappa shape index (κ1) is 9.42. The van der Waals surface area contributed by atoms with Crippen molar-refractivity contribution in [2.45, 2.75) is 6.92 Å². The molecule has 0 aliphatic heterocycles. The highest BCUT2D eigenvalue weighted by Crippen LogP contribution is 2.20. The summed E-state index contributed by atoms with van der Waals surface area (Å²) in [5.41, 5.74) is 3.37. The van der Waals surface area contributed by atoms with Gasteiger partial charge in [0, 0.05) is 11.3 Å². The fraction of sp³-hybridized carbons (Fsp3) is 0.0769. The second-order valence-electron chi connectivity index (χ2n) is 3.32. The lowest BCUT2D eigenvalue weighted by molar-refractivity contribution is 1.20. The maximum atomic E-state index is 8.97. The monoisotopic (exact) mass is 194 g/mol. The van der Waals surface area contributed by atoms with Crippen LogP contribution in [0.25, 0.3) is 11.3 Å². The molecule has 1 aromatic heterocycles. The zero-order chi connectivity index (χ0) is 10.7. The molecule has 0 aliphatic rings. The average Bonchev–Trinajstić information content (AvgIpc) is 2.29. The van der Waals surface area contributed by atoms with E-state index >= 15 is 0 Å². The molecule has 2 heteroatoms. The zero-order valence-corrected chi connectivity index (χ0v) is 8.44. The SMILES string of the molecule is Cc1cccc(-c2ccccc2C#N)n1. The summed E-state index contributed by atoms with van der Waals surface area (Å²) < 4.78 is 0. The molecular formula is C13H10N2. The quantitative estimate of drug-likeness (QED) is 0.699. The van der Waals surface area contributed by atoms with Gasteiger partial charge in [0.15, 0.2) is 0 Å². The van der Waals surface area contributed by atoms with Crippen molar-refractivity contribution in [3.05, 3.63) is 53.7 Å². The van der Waals surface area contributed by atoms with Gasteiger partial charge < -0.3 is 0 Å². The molecule has 0 amide bonds. The Morgan fingerprint density at radius 1 is 1.07 bits per heavy atom. The first-order valence-electron chi connectivity index (χ1n) is 4.74. The van der Waals surface area contributed by atoms with Gasteiger partial charge in [0.25, 0.3) is 0 Å².